The fourth-order valence-electron chi connectivity index (χ4n) is 2.01. The molecule has 0 aliphatic heterocycles. The van der Waals surface area contributed by atoms with Gasteiger partial charge in [-0.15, -0.1) is 0 Å². The van der Waals surface area contributed by atoms with Gasteiger partial charge in [0.25, 0.3) is 5.91 Å². The summed E-state index contributed by atoms with van der Waals surface area (Å²) in [7, 11) is 0. The third-order valence-electron chi connectivity index (χ3n) is 3.06. The van der Waals surface area contributed by atoms with Gasteiger partial charge in [0.15, 0.2) is 0 Å². The van der Waals surface area contributed by atoms with Crippen molar-refractivity contribution in [2.45, 2.75) is 20.0 Å². The van der Waals surface area contributed by atoms with Gasteiger partial charge in [-0.1, -0.05) is 24.3 Å². The third-order valence-corrected chi connectivity index (χ3v) is 3.06. The molecule has 0 saturated carbocycles. The van der Waals surface area contributed by atoms with E-state index in [-0.39, 0.29) is 5.91 Å². The first kappa shape index (κ1) is 15.1. The Morgan fingerprint density at radius 1 is 1.24 bits per heavy atom. The lowest BCUT2D eigenvalue weighted by molar-refractivity contribution is 0.102. The molecule has 2 aromatic rings. The SMILES string of the molecule is CCOc1ccccc1C(=O)Nc1cccc(C(C)O)c1. The van der Waals surface area contributed by atoms with Crippen molar-refractivity contribution in [1.29, 1.82) is 0 Å². The Hall–Kier alpha value is -2.33. The molecule has 2 rings (SSSR count). The number of anilines is 1. The number of carbonyl (C=O) groups excluding carboxylic acids is 1. The number of carbonyl (C=O) groups is 1. The lowest BCUT2D eigenvalue weighted by atomic mass is 10.1. The van der Waals surface area contributed by atoms with Crippen LogP contribution in [0.1, 0.15) is 35.9 Å². The van der Waals surface area contributed by atoms with Crippen LogP contribution >= 0.6 is 0 Å². The minimum Gasteiger partial charge on any atom is -0.493 e. The maximum atomic E-state index is 12.3. The zero-order valence-corrected chi connectivity index (χ0v) is 12.2. The molecule has 0 fully saturated rings. The summed E-state index contributed by atoms with van der Waals surface area (Å²) in [5.74, 6) is 0.325. The van der Waals surface area contributed by atoms with Gasteiger partial charge in [-0.05, 0) is 43.7 Å². The predicted molar refractivity (Wildman–Crippen MR) is 82.6 cm³/mol. The van der Waals surface area contributed by atoms with E-state index in [1.807, 2.05) is 19.1 Å². The van der Waals surface area contributed by atoms with Crippen LogP contribution in [-0.2, 0) is 0 Å². The molecular formula is C17H19NO3. The molecule has 0 spiro atoms. The van der Waals surface area contributed by atoms with Crippen LogP contribution in [0.15, 0.2) is 48.5 Å². The zero-order chi connectivity index (χ0) is 15.2. The van der Waals surface area contributed by atoms with E-state index in [0.29, 0.717) is 23.6 Å². The normalized spacial score (nSPS) is 11.8. The van der Waals surface area contributed by atoms with Gasteiger partial charge >= 0.3 is 0 Å². The standard InChI is InChI=1S/C17H19NO3/c1-3-21-16-10-5-4-9-15(16)17(20)18-14-8-6-7-13(11-14)12(2)19/h4-12,19H,3H2,1-2H3,(H,18,20). The number of ether oxygens (including phenoxy) is 1. The Labute approximate surface area is 124 Å². The molecule has 0 heterocycles. The van der Waals surface area contributed by atoms with Crippen LogP contribution in [-0.4, -0.2) is 17.6 Å². The highest BCUT2D eigenvalue weighted by atomic mass is 16.5. The van der Waals surface area contributed by atoms with Crippen molar-refractivity contribution in [1.82, 2.24) is 0 Å². The Morgan fingerprint density at radius 3 is 2.71 bits per heavy atom. The van der Waals surface area contributed by atoms with E-state index in [0.717, 1.165) is 5.56 Å². The van der Waals surface area contributed by atoms with E-state index >= 15 is 0 Å². The summed E-state index contributed by atoms with van der Waals surface area (Å²) in [6.45, 7) is 4.06. The summed E-state index contributed by atoms with van der Waals surface area (Å²) in [5, 5.41) is 12.4. The molecule has 21 heavy (non-hydrogen) atoms. The number of nitrogens with one attached hydrogen (secondary N) is 1. The second kappa shape index (κ2) is 6.90. The molecule has 0 aliphatic rings. The van der Waals surface area contributed by atoms with Crippen molar-refractivity contribution >= 4 is 11.6 Å². The van der Waals surface area contributed by atoms with Crippen molar-refractivity contribution in [2.75, 3.05) is 11.9 Å². The predicted octanol–water partition coefficient (Wildman–Crippen LogP) is 3.39. The zero-order valence-electron chi connectivity index (χ0n) is 12.2. The molecule has 0 aliphatic carbocycles. The van der Waals surface area contributed by atoms with Crippen molar-refractivity contribution in [3.63, 3.8) is 0 Å². The maximum Gasteiger partial charge on any atom is 0.259 e. The molecule has 1 amide bonds. The number of hydrogen-bond acceptors (Lipinski definition) is 3. The number of hydrogen-bond donors (Lipinski definition) is 2. The molecule has 0 bridgehead atoms. The van der Waals surface area contributed by atoms with Gasteiger partial charge in [-0.2, -0.15) is 0 Å². The lowest BCUT2D eigenvalue weighted by Gasteiger charge is -2.12. The van der Waals surface area contributed by atoms with Gasteiger partial charge in [0, 0.05) is 5.69 Å². The highest BCUT2D eigenvalue weighted by Gasteiger charge is 2.12. The monoisotopic (exact) mass is 285 g/mol. The smallest absolute Gasteiger partial charge is 0.259 e. The second-order valence-electron chi connectivity index (χ2n) is 4.68. The van der Waals surface area contributed by atoms with Gasteiger partial charge < -0.3 is 15.2 Å². The summed E-state index contributed by atoms with van der Waals surface area (Å²) in [6, 6.07) is 14.3. The van der Waals surface area contributed by atoms with Crippen molar-refractivity contribution < 1.29 is 14.6 Å². The summed E-state index contributed by atoms with van der Waals surface area (Å²) in [6.07, 6.45) is -0.572. The van der Waals surface area contributed by atoms with Gasteiger partial charge in [-0.3, -0.25) is 4.79 Å². The number of aliphatic hydroxyl groups excluding tert-OH is 1. The summed E-state index contributed by atoms with van der Waals surface area (Å²) >= 11 is 0. The molecule has 2 N–H and O–H groups in total. The molecule has 110 valence electrons. The number of para-hydroxylation sites is 1. The second-order valence-corrected chi connectivity index (χ2v) is 4.68. The van der Waals surface area contributed by atoms with E-state index in [4.69, 9.17) is 4.74 Å². The fourth-order valence-corrected chi connectivity index (χ4v) is 2.01. The van der Waals surface area contributed by atoms with Gasteiger partial charge in [0.1, 0.15) is 5.75 Å². The third kappa shape index (κ3) is 3.83. The quantitative estimate of drug-likeness (QED) is 0.885. The summed E-state index contributed by atoms with van der Waals surface area (Å²) in [4.78, 5) is 12.3. The van der Waals surface area contributed by atoms with Crippen molar-refractivity contribution in [3.8, 4) is 5.75 Å². The topological polar surface area (TPSA) is 58.6 Å². The molecule has 1 unspecified atom stereocenters. The Balaban J connectivity index is 2.20. The Morgan fingerprint density at radius 2 is 2.00 bits per heavy atom. The molecule has 4 nitrogen and oxygen atoms in total. The first-order chi connectivity index (χ1) is 10.1. The van der Waals surface area contributed by atoms with Gasteiger partial charge in [0.2, 0.25) is 0 Å². The van der Waals surface area contributed by atoms with Crippen molar-refractivity contribution in [2.24, 2.45) is 0 Å². The average molecular weight is 285 g/mol. The van der Waals surface area contributed by atoms with Crippen molar-refractivity contribution in [3.05, 3.63) is 59.7 Å². The number of amides is 1. The van der Waals surface area contributed by atoms with Crippen LogP contribution in [0.3, 0.4) is 0 Å². The summed E-state index contributed by atoms with van der Waals surface area (Å²) in [5.41, 5.74) is 1.89. The molecule has 2 aromatic carbocycles. The lowest BCUT2D eigenvalue weighted by Crippen LogP contribution is -2.13. The Kier molecular flexibility index (Phi) is 4.95. The highest BCUT2D eigenvalue weighted by molar-refractivity contribution is 6.06. The molecule has 1 atom stereocenters. The maximum absolute atomic E-state index is 12.3. The van der Waals surface area contributed by atoms with E-state index in [1.165, 1.54) is 0 Å². The van der Waals surface area contributed by atoms with Crippen LogP contribution in [0.4, 0.5) is 5.69 Å². The van der Waals surface area contributed by atoms with Crippen LogP contribution in [0.25, 0.3) is 0 Å². The van der Waals surface area contributed by atoms with Crippen LogP contribution < -0.4 is 10.1 Å². The molecule has 0 aromatic heterocycles. The van der Waals surface area contributed by atoms with E-state index in [2.05, 4.69) is 5.32 Å². The van der Waals surface area contributed by atoms with Gasteiger partial charge in [0.05, 0.1) is 18.3 Å². The number of benzene rings is 2. The molecular weight excluding hydrogens is 266 g/mol. The molecule has 4 heteroatoms. The van der Waals surface area contributed by atoms with E-state index < -0.39 is 6.10 Å². The van der Waals surface area contributed by atoms with Crippen LogP contribution in [0, 0.1) is 0 Å². The first-order valence-corrected chi connectivity index (χ1v) is 6.93. The largest absolute Gasteiger partial charge is 0.493 e. The first-order valence-electron chi connectivity index (χ1n) is 6.93. The van der Waals surface area contributed by atoms with Gasteiger partial charge in [-0.25, -0.2) is 0 Å². The number of aliphatic hydroxyl groups is 1. The number of rotatable bonds is 5. The molecule has 0 radical (unpaired) electrons. The van der Waals surface area contributed by atoms with E-state index in [1.54, 1.807) is 43.3 Å². The summed E-state index contributed by atoms with van der Waals surface area (Å²) < 4.78 is 5.46. The minimum absolute atomic E-state index is 0.234. The average Bonchev–Trinajstić information content (AvgIpc) is 2.48. The van der Waals surface area contributed by atoms with Crippen LogP contribution in [0.5, 0.6) is 5.75 Å². The van der Waals surface area contributed by atoms with E-state index in [9.17, 15) is 9.90 Å². The Bertz CT molecular complexity index is 623. The molecule has 0 saturated heterocycles. The fraction of sp³-hybridized carbons (Fsp3) is 0.235. The minimum atomic E-state index is -0.572. The highest BCUT2D eigenvalue weighted by Crippen LogP contribution is 2.21. The van der Waals surface area contributed by atoms with Crippen LogP contribution in [0.2, 0.25) is 0 Å².